The molecule has 0 amide bonds. The van der Waals surface area contributed by atoms with Gasteiger partial charge in [0.15, 0.2) is 0 Å². The highest BCUT2D eigenvalue weighted by Crippen LogP contribution is 2.18. The third kappa shape index (κ3) is 2.56. The van der Waals surface area contributed by atoms with Gasteiger partial charge < -0.3 is 9.84 Å². The van der Waals surface area contributed by atoms with Crippen molar-refractivity contribution in [3.8, 4) is 11.4 Å². The minimum atomic E-state index is 0.603. The second kappa shape index (κ2) is 5.27. The molecule has 1 aliphatic rings. The molecule has 0 atom stereocenters. The zero-order valence-corrected chi connectivity index (χ0v) is 10.2. The second-order valence-electron chi connectivity index (χ2n) is 4.62. The molecule has 1 N–H and O–H groups in total. The molecule has 1 aliphatic carbocycles. The van der Waals surface area contributed by atoms with Gasteiger partial charge in [-0.3, -0.25) is 4.98 Å². The number of nitrogens with one attached hydrogen (secondary N) is 1. The predicted molar refractivity (Wildman–Crippen MR) is 66.6 cm³/mol. The Hall–Kier alpha value is -1.75. The molecule has 2 heterocycles. The molecule has 0 bridgehead atoms. The maximum atomic E-state index is 5.23. The summed E-state index contributed by atoms with van der Waals surface area (Å²) in [6.07, 6.45) is 8.61. The fraction of sp³-hybridized carbons (Fsp3) is 0.462. The summed E-state index contributed by atoms with van der Waals surface area (Å²) in [5.41, 5.74) is 0.883. The number of aromatic nitrogens is 3. The quantitative estimate of drug-likeness (QED) is 0.892. The molecule has 0 unspecified atom stereocenters. The van der Waals surface area contributed by atoms with Crippen molar-refractivity contribution in [2.45, 2.75) is 38.3 Å². The Bertz CT molecular complexity index is 491. The maximum absolute atomic E-state index is 5.23. The van der Waals surface area contributed by atoms with Gasteiger partial charge in [0, 0.05) is 24.0 Å². The summed E-state index contributed by atoms with van der Waals surface area (Å²) >= 11 is 0. The first kappa shape index (κ1) is 11.3. The average Bonchev–Trinajstić information content (AvgIpc) is 3.09. The summed E-state index contributed by atoms with van der Waals surface area (Å²) in [5, 5.41) is 7.42. The van der Waals surface area contributed by atoms with Crippen molar-refractivity contribution in [1.29, 1.82) is 0 Å². The first-order valence-corrected chi connectivity index (χ1v) is 6.38. The molecule has 0 spiro atoms. The van der Waals surface area contributed by atoms with Crippen LogP contribution in [-0.2, 0) is 6.54 Å². The maximum Gasteiger partial charge on any atom is 0.240 e. The minimum Gasteiger partial charge on any atom is -0.338 e. The summed E-state index contributed by atoms with van der Waals surface area (Å²) in [5.74, 6) is 1.24. The molecule has 2 aromatic rings. The summed E-state index contributed by atoms with van der Waals surface area (Å²) < 4.78 is 5.23. The Morgan fingerprint density at radius 3 is 3.00 bits per heavy atom. The molecule has 5 heteroatoms. The van der Waals surface area contributed by atoms with Crippen molar-refractivity contribution in [2.24, 2.45) is 0 Å². The summed E-state index contributed by atoms with van der Waals surface area (Å²) in [6.45, 7) is 0.651. The number of hydrogen-bond donors (Lipinski definition) is 1. The summed E-state index contributed by atoms with van der Waals surface area (Å²) in [7, 11) is 0. The van der Waals surface area contributed by atoms with Crippen molar-refractivity contribution >= 4 is 0 Å². The normalized spacial score (nSPS) is 16.2. The van der Waals surface area contributed by atoms with Gasteiger partial charge >= 0.3 is 0 Å². The smallest absolute Gasteiger partial charge is 0.240 e. The van der Waals surface area contributed by atoms with Crippen LogP contribution in [0, 0.1) is 0 Å². The molecule has 1 fully saturated rings. The molecule has 0 aromatic carbocycles. The third-order valence-electron chi connectivity index (χ3n) is 3.28. The van der Waals surface area contributed by atoms with Crippen LogP contribution < -0.4 is 5.32 Å². The van der Waals surface area contributed by atoms with E-state index in [-0.39, 0.29) is 0 Å². The van der Waals surface area contributed by atoms with E-state index in [2.05, 4.69) is 20.4 Å². The van der Waals surface area contributed by atoms with E-state index in [0.717, 1.165) is 5.56 Å². The van der Waals surface area contributed by atoms with Crippen molar-refractivity contribution < 1.29 is 4.52 Å². The molecule has 18 heavy (non-hydrogen) atoms. The van der Waals surface area contributed by atoms with Gasteiger partial charge in [-0.1, -0.05) is 18.0 Å². The van der Waals surface area contributed by atoms with Gasteiger partial charge in [0.25, 0.3) is 0 Å². The lowest BCUT2D eigenvalue weighted by Crippen LogP contribution is -2.25. The van der Waals surface area contributed by atoms with Crippen LogP contribution in [-0.4, -0.2) is 21.2 Å². The number of hydrogen-bond acceptors (Lipinski definition) is 5. The van der Waals surface area contributed by atoms with E-state index in [1.165, 1.54) is 25.7 Å². The molecule has 5 nitrogen and oxygen atoms in total. The van der Waals surface area contributed by atoms with Crippen LogP contribution in [0.5, 0.6) is 0 Å². The zero-order valence-electron chi connectivity index (χ0n) is 10.2. The number of pyridine rings is 1. The molecule has 3 rings (SSSR count). The lowest BCUT2D eigenvalue weighted by atomic mass is 10.2. The highest BCUT2D eigenvalue weighted by molar-refractivity contribution is 5.51. The summed E-state index contributed by atoms with van der Waals surface area (Å²) in [6, 6.07) is 4.40. The summed E-state index contributed by atoms with van der Waals surface area (Å²) in [4.78, 5) is 8.40. The SMILES string of the molecule is c1cncc(-c2noc(CNC3CCCC3)n2)c1. The largest absolute Gasteiger partial charge is 0.338 e. The second-order valence-corrected chi connectivity index (χ2v) is 4.62. The zero-order chi connectivity index (χ0) is 12.2. The standard InChI is InChI=1S/C13H16N4O/c1-2-6-11(5-1)15-9-12-16-13(17-18-12)10-4-3-7-14-8-10/h3-4,7-8,11,15H,1-2,5-6,9H2. The topological polar surface area (TPSA) is 63.8 Å². The Labute approximate surface area is 106 Å². The molecule has 2 aromatic heterocycles. The van der Waals surface area contributed by atoms with Crippen LogP contribution >= 0.6 is 0 Å². The fourth-order valence-electron chi connectivity index (χ4n) is 2.30. The van der Waals surface area contributed by atoms with Gasteiger partial charge in [0.2, 0.25) is 11.7 Å². The van der Waals surface area contributed by atoms with Crippen molar-refractivity contribution in [3.63, 3.8) is 0 Å². The molecule has 0 aliphatic heterocycles. The third-order valence-corrected chi connectivity index (χ3v) is 3.28. The minimum absolute atomic E-state index is 0.603. The van der Waals surface area contributed by atoms with E-state index in [4.69, 9.17) is 4.52 Å². The average molecular weight is 244 g/mol. The van der Waals surface area contributed by atoms with Gasteiger partial charge in [0.1, 0.15) is 0 Å². The first-order valence-electron chi connectivity index (χ1n) is 6.38. The van der Waals surface area contributed by atoms with Crippen LogP contribution in [0.15, 0.2) is 29.0 Å². The highest BCUT2D eigenvalue weighted by Gasteiger charge is 2.15. The molecular weight excluding hydrogens is 228 g/mol. The van der Waals surface area contributed by atoms with Crippen molar-refractivity contribution in [3.05, 3.63) is 30.4 Å². The van der Waals surface area contributed by atoms with E-state index in [1.54, 1.807) is 12.4 Å². The van der Waals surface area contributed by atoms with Gasteiger partial charge in [-0.15, -0.1) is 0 Å². The highest BCUT2D eigenvalue weighted by atomic mass is 16.5. The van der Waals surface area contributed by atoms with Crippen molar-refractivity contribution in [1.82, 2.24) is 20.4 Å². The van der Waals surface area contributed by atoms with E-state index in [0.29, 0.717) is 24.3 Å². The molecule has 0 radical (unpaired) electrons. The van der Waals surface area contributed by atoms with Crippen LogP contribution in [0.3, 0.4) is 0 Å². The lowest BCUT2D eigenvalue weighted by Gasteiger charge is -2.08. The van der Waals surface area contributed by atoms with Crippen molar-refractivity contribution in [2.75, 3.05) is 0 Å². The Balaban J connectivity index is 1.63. The first-order chi connectivity index (χ1) is 8.92. The Morgan fingerprint density at radius 1 is 1.33 bits per heavy atom. The van der Waals surface area contributed by atoms with E-state index in [1.807, 2.05) is 12.1 Å². The number of nitrogens with zero attached hydrogens (tertiary/aromatic N) is 3. The van der Waals surface area contributed by atoms with Gasteiger partial charge in [-0.25, -0.2) is 0 Å². The molecule has 0 saturated heterocycles. The van der Waals surface area contributed by atoms with Crippen LogP contribution in [0.4, 0.5) is 0 Å². The van der Waals surface area contributed by atoms with Crippen LogP contribution in [0.25, 0.3) is 11.4 Å². The van der Waals surface area contributed by atoms with Crippen LogP contribution in [0.1, 0.15) is 31.6 Å². The molecular formula is C13H16N4O. The van der Waals surface area contributed by atoms with Gasteiger partial charge in [-0.05, 0) is 25.0 Å². The van der Waals surface area contributed by atoms with E-state index < -0.39 is 0 Å². The Kier molecular flexibility index (Phi) is 3.32. The van der Waals surface area contributed by atoms with Crippen LogP contribution in [0.2, 0.25) is 0 Å². The predicted octanol–water partition coefficient (Wildman–Crippen LogP) is 2.16. The molecule has 94 valence electrons. The van der Waals surface area contributed by atoms with E-state index in [9.17, 15) is 0 Å². The van der Waals surface area contributed by atoms with E-state index >= 15 is 0 Å². The van der Waals surface area contributed by atoms with Gasteiger partial charge in [0.05, 0.1) is 6.54 Å². The molecule has 1 saturated carbocycles. The van der Waals surface area contributed by atoms with Gasteiger partial charge in [-0.2, -0.15) is 4.98 Å². The number of rotatable bonds is 4. The monoisotopic (exact) mass is 244 g/mol. The lowest BCUT2D eigenvalue weighted by molar-refractivity contribution is 0.357. The Morgan fingerprint density at radius 2 is 2.22 bits per heavy atom. The fourth-order valence-corrected chi connectivity index (χ4v) is 2.30.